The Morgan fingerprint density at radius 2 is 2.09 bits per heavy atom. The van der Waals surface area contributed by atoms with E-state index in [0.29, 0.717) is 35.6 Å². The normalized spacial score (nSPS) is 18.2. The van der Waals surface area contributed by atoms with Gasteiger partial charge in [-0.1, -0.05) is 37.6 Å². The maximum atomic E-state index is 12.9. The molecular weight excluding hydrogens is 456 g/mol. The molecule has 2 heterocycles. The lowest BCUT2D eigenvalue weighted by Crippen LogP contribution is -2.18. The fourth-order valence-electron chi connectivity index (χ4n) is 4.74. The first-order valence-electron chi connectivity index (χ1n) is 11.8. The molecule has 0 spiro atoms. The molecule has 1 saturated carbocycles. The number of aromatic nitrogens is 3. The molecule has 2 aliphatic rings. The highest BCUT2D eigenvalue weighted by atomic mass is 32.2. The molecule has 178 valence electrons. The third kappa shape index (κ3) is 5.35. The molecule has 0 bridgehead atoms. The van der Waals surface area contributed by atoms with Crippen LogP contribution in [0.15, 0.2) is 17.8 Å². The Kier molecular flexibility index (Phi) is 7.90. The van der Waals surface area contributed by atoms with Crippen LogP contribution in [-0.4, -0.2) is 39.0 Å². The zero-order valence-corrected chi connectivity index (χ0v) is 21.0. The lowest BCUT2D eigenvalue weighted by molar-refractivity contribution is -0.113. The first-order chi connectivity index (χ1) is 16.0. The van der Waals surface area contributed by atoms with Gasteiger partial charge in [-0.25, -0.2) is 4.79 Å². The predicted molar refractivity (Wildman–Crippen MR) is 132 cm³/mol. The number of carbonyl (C=O) groups excluding carboxylic acids is 2. The predicted octanol–water partition coefficient (Wildman–Crippen LogP) is 5.22. The average Bonchev–Trinajstić information content (AvgIpc) is 3.51. The van der Waals surface area contributed by atoms with E-state index >= 15 is 0 Å². The molecule has 0 radical (unpaired) electrons. The van der Waals surface area contributed by atoms with Crippen LogP contribution in [0.5, 0.6) is 0 Å². The van der Waals surface area contributed by atoms with Gasteiger partial charge in [0.2, 0.25) is 5.91 Å². The Hall–Kier alpha value is -2.13. The molecule has 1 N–H and O–H groups in total. The van der Waals surface area contributed by atoms with Gasteiger partial charge in [0.25, 0.3) is 0 Å². The van der Waals surface area contributed by atoms with Gasteiger partial charge in [-0.15, -0.1) is 28.1 Å². The highest BCUT2D eigenvalue weighted by Gasteiger charge is 2.29. The number of fused-ring (bicyclic) bond motifs is 1. The number of hydrogen-bond acceptors (Lipinski definition) is 7. The molecule has 0 saturated heterocycles. The quantitative estimate of drug-likeness (QED) is 0.296. The van der Waals surface area contributed by atoms with Crippen molar-refractivity contribution in [1.82, 2.24) is 14.8 Å². The molecule has 1 amide bonds. The number of ether oxygens (including phenoxy) is 1. The minimum absolute atomic E-state index is 0.159. The van der Waals surface area contributed by atoms with Crippen LogP contribution < -0.4 is 5.32 Å². The summed E-state index contributed by atoms with van der Waals surface area (Å²) >= 11 is 2.89. The number of thiophene rings is 1. The van der Waals surface area contributed by atoms with Crippen molar-refractivity contribution >= 4 is 40.0 Å². The Bertz CT molecular complexity index is 1020. The zero-order chi connectivity index (χ0) is 23.4. The number of allylic oxidation sites excluding steroid dienone is 1. The summed E-state index contributed by atoms with van der Waals surface area (Å²) in [4.78, 5) is 26.7. The number of amides is 1. The highest BCUT2D eigenvalue weighted by molar-refractivity contribution is 7.99. The van der Waals surface area contributed by atoms with Gasteiger partial charge >= 0.3 is 5.97 Å². The summed E-state index contributed by atoms with van der Waals surface area (Å²) in [7, 11) is 0. The van der Waals surface area contributed by atoms with Crippen LogP contribution >= 0.6 is 23.1 Å². The fourth-order valence-corrected chi connectivity index (χ4v) is 6.91. The summed E-state index contributed by atoms with van der Waals surface area (Å²) in [6.45, 7) is 8.83. The van der Waals surface area contributed by atoms with Crippen molar-refractivity contribution in [3.8, 4) is 0 Å². The van der Waals surface area contributed by atoms with Crippen molar-refractivity contribution in [3.63, 3.8) is 0 Å². The summed E-state index contributed by atoms with van der Waals surface area (Å²) in [5, 5.41) is 13.1. The molecule has 2 aliphatic carbocycles. The number of carbonyl (C=O) groups is 2. The number of hydrogen-bond donors (Lipinski definition) is 1. The van der Waals surface area contributed by atoms with Gasteiger partial charge in [0, 0.05) is 17.3 Å². The number of anilines is 1. The molecule has 9 heteroatoms. The van der Waals surface area contributed by atoms with Crippen LogP contribution in [0.2, 0.25) is 0 Å². The van der Waals surface area contributed by atoms with Gasteiger partial charge in [-0.2, -0.15) is 0 Å². The lowest BCUT2D eigenvalue weighted by atomic mass is 9.88. The molecule has 1 atom stereocenters. The number of nitrogens with zero attached hydrogens (tertiary/aromatic N) is 3. The van der Waals surface area contributed by atoms with Crippen molar-refractivity contribution in [3.05, 3.63) is 34.5 Å². The van der Waals surface area contributed by atoms with E-state index in [0.717, 1.165) is 48.6 Å². The van der Waals surface area contributed by atoms with Gasteiger partial charge in [0.15, 0.2) is 5.16 Å². The zero-order valence-electron chi connectivity index (χ0n) is 19.4. The maximum Gasteiger partial charge on any atom is 0.341 e. The fraction of sp³-hybridized carbons (Fsp3) is 0.583. The number of esters is 1. The molecule has 1 fully saturated rings. The van der Waals surface area contributed by atoms with Crippen LogP contribution in [0.4, 0.5) is 5.00 Å². The summed E-state index contributed by atoms with van der Waals surface area (Å²) in [5.74, 6) is 1.71. The Morgan fingerprint density at radius 3 is 2.82 bits per heavy atom. The average molecular weight is 489 g/mol. The highest BCUT2D eigenvalue weighted by Crippen LogP contribution is 2.40. The summed E-state index contributed by atoms with van der Waals surface area (Å²) in [6.07, 6.45) is 9.39. The van der Waals surface area contributed by atoms with E-state index in [9.17, 15) is 9.59 Å². The Labute approximate surface area is 203 Å². The molecule has 7 nitrogen and oxygen atoms in total. The molecule has 0 aromatic carbocycles. The van der Waals surface area contributed by atoms with Crippen LogP contribution in [0.1, 0.15) is 78.5 Å². The standard InChI is InChI=1S/C24H32N4O3S2/c1-4-12-28-21(16-8-6-7-9-16)26-27-24(28)32-14-19(29)25-22-20(23(30)31-5-2)17-11-10-15(3)13-18(17)33-22/h4,15-16H,1,5-14H2,2-3H3,(H,25,29). The monoisotopic (exact) mass is 488 g/mol. The van der Waals surface area contributed by atoms with E-state index in [2.05, 4.69) is 33.6 Å². The first kappa shape index (κ1) is 24.0. The van der Waals surface area contributed by atoms with Crippen molar-refractivity contribution in [2.45, 2.75) is 76.4 Å². The van der Waals surface area contributed by atoms with Crippen molar-refractivity contribution in [2.75, 3.05) is 17.7 Å². The minimum atomic E-state index is -0.348. The first-order valence-corrected chi connectivity index (χ1v) is 13.6. The number of rotatable bonds is 9. The second-order valence-electron chi connectivity index (χ2n) is 8.83. The molecular formula is C24H32N4O3S2. The summed E-state index contributed by atoms with van der Waals surface area (Å²) < 4.78 is 7.38. The van der Waals surface area contributed by atoms with E-state index in [4.69, 9.17) is 4.74 Å². The summed E-state index contributed by atoms with van der Waals surface area (Å²) in [5.41, 5.74) is 1.59. The molecule has 0 aliphatic heterocycles. The van der Waals surface area contributed by atoms with Gasteiger partial charge in [-0.05, 0) is 50.5 Å². The number of nitrogens with one attached hydrogen (secondary N) is 1. The van der Waals surface area contributed by atoms with Crippen molar-refractivity contribution in [1.29, 1.82) is 0 Å². The van der Waals surface area contributed by atoms with Crippen LogP contribution in [-0.2, 0) is 28.9 Å². The van der Waals surface area contributed by atoms with E-state index in [-0.39, 0.29) is 17.6 Å². The van der Waals surface area contributed by atoms with Gasteiger partial charge in [0.05, 0.1) is 17.9 Å². The van der Waals surface area contributed by atoms with Crippen LogP contribution in [0.3, 0.4) is 0 Å². The number of thioether (sulfide) groups is 1. The second-order valence-corrected chi connectivity index (χ2v) is 10.9. The largest absolute Gasteiger partial charge is 0.462 e. The molecule has 2 aromatic rings. The Balaban J connectivity index is 1.47. The van der Waals surface area contributed by atoms with Gasteiger partial charge < -0.3 is 14.6 Å². The molecule has 4 rings (SSSR count). The second kappa shape index (κ2) is 10.9. The SMILES string of the molecule is C=CCn1c(SCC(=O)Nc2sc3c(c2C(=O)OCC)CCC(C)C3)nnc1C1CCCC1. The van der Waals surface area contributed by atoms with Crippen LogP contribution in [0.25, 0.3) is 0 Å². The van der Waals surface area contributed by atoms with Crippen molar-refractivity contribution < 1.29 is 14.3 Å². The minimum Gasteiger partial charge on any atom is -0.462 e. The Morgan fingerprint density at radius 1 is 1.30 bits per heavy atom. The van der Waals surface area contributed by atoms with Gasteiger partial charge in [0.1, 0.15) is 10.8 Å². The van der Waals surface area contributed by atoms with E-state index in [1.165, 1.54) is 40.8 Å². The topological polar surface area (TPSA) is 86.1 Å². The third-order valence-corrected chi connectivity index (χ3v) is 8.49. The van der Waals surface area contributed by atoms with Crippen molar-refractivity contribution in [2.24, 2.45) is 5.92 Å². The van der Waals surface area contributed by atoms with E-state index < -0.39 is 0 Å². The molecule has 1 unspecified atom stereocenters. The smallest absolute Gasteiger partial charge is 0.341 e. The van der Waals surface area contributed by atoms with Crippen LogP contribution in [0, 0.1) is 5.92 Å². The molecule has 33 heavy (non-hydrogen) atoms. The summed E-state index contributed by atoms with van der Waals surface area (Å²) in [6, 6.07) is 0. The van der Waals surface area contributed by atoms with Gasteiger partial charge in [-0.3, -0.25) is 4.79 Å². The van der Waals surface area contributed by atoms with E-state index in [1.54, 1.807) is 6.92 Å². The van der Waals surface area contributed by atoms with E-state index in [1.807, 2.05) is 6.08 Å². The molecule has 2 aromatic heterocycles. The maximum absolute atomic E-state index is 12.9. The third-order valence-electron chi connectivity index (χ3n) is 6.35. The lowest BCUT2D eigenvalue weighted by Gasteiger charge is -2.18.